The molecule has 0 unspecified atom stereocenters. The number of anilines is 1. The molecule has 6 nitrogen and oxygen atoms in total. The molecule has 2 heterocycles. The first-order chi connectivity index (χ1) is 14.3. The van der Waals surface area contributed by atoms with Gasteiger partial charge in [-0.05, 0) is 48.0 Å². The van der Waals surface area contributed by atoms with E-state index in [0.717, 1.165) is 33.4 Å². The van der Waals surface area contributed by atoms with Crippen LogP contribution < -0.4 is 14.8 Å². The maximum atomic E-state index is 12.3. The van der Waals surface area contributed by atoms with Crippen molar-refractivity contribution in [3.8, 4) is 11.5 Å². The highest BCUT2D eigenvalue weighted by Crippen LogP contribution is 2.34. The third kappa shape index (κ3) is 5.56. The summed E-state index contributed by atoms with van der Waals surface area (Å²) < 4.78 is 22.0. The van der Waals surface area contributed by atoms with Crippen molar-refractivity contribution in [1.29, 1.82) is 0 Å². The number of benzene rings is 2. The Morgan fingerprint density at radius 1 is 1.00 bits per heavy atom. The minimum Gasteiger partial charge on any atom is -0.486 e. The molecule has 0 saturated heterocycles. The van der Waals surface area contributed by atoms with Crippen molar-refractivity contribution in [1.82, 2.24) is 0 Å². The summed E-state index contributed by atoms with van der Waals surface area (Å²) in [7, 11) is 0. The van der Waals surface area contributed by atoms with Crippen LogP contribution in [0.5, 0.6) is 11.5 Å². The zero-order valence-corrected chi connectivity index (χ0v) is 16.6. The van der Waals surface area contributed by atoms with Gasteiger partial charge >= 0.3 is 0 Å². The van der Waals surface area contributed by atoms with Crippen LogP contribution in [0.15, 0.2) is 70.2 Å². The van der Waals surface area contributed by atoms with Crippen molar-refractivity contribution in [3.63, 3.8) is 0 Å². The summed E-state index contributed by atoms with van der Waals surface area (Å²) >= 11 is 1.45. The van der Waals surface area contributed by atoms with Gasteiger partial charge in [-0.1, -0.05) is 12.1 Å². The predicted octanol–water partition coefficient (Wildman–Crippen LogP) is 4.50. The average molecular weight is 411 g/mol. The molecule has 1 aromatic heterocycles. The number of furan rings is 1. The summed E-state index contributed by atoms with van der Waals surface area (Å²) in [5.41, 5.74) is 1.73. The van der Waals surface area contributed by atoms with E-state index in [1.807, 2.05) is 54.6 Å². The second kappa shape index (κ2) is 9.54. The highest BCUT2D eigenvalue weighted by atomic mass is 32.2. The van der Waals surface area contributed by atoms with Gasteiger partial charge in [0.25, 0.3) is 0 Å². The number of nitrogens with one attached hydrogen (secondary N) is 1. The fourth-order valence-corrected chi connectivity index (χ4v) is 3.59. The zero-order chi connectivity index (χ0) is 19.9. The van der Waals surface area contributed by atoms with E-state index >= 15 is 0 Å². The number of hydrogen-bond donors (Lipinski definition) is 1. The van der Waals surface area contributed by atoms with Gasteiger partial charge in [0.1, 0.15) is 25.6 Å². The molecule has 29 heavy (non-hydrogen) atoms. The van der Waals surface area contributed by atoms with E-state index in [9.17, 15) is 4.79 Å². The number of ether oxygens (including phenoxy) is 3. The van der Waals surface area contributed by atoms with Crippen molar-refractivity contribution < 1.29 is 23.4 Å². The number of amides is 1. The third-order valence-corrected chi connectivity index (χ3v) is 5.18. The van der Waals surface area contributed by atoms with E-state index in [1.54, 1.807) is 6.26 Å². The normalized spacial score (nSPS) is 12.6. The molecule has 1 aliphatic rings. The van der Waals surface area contributed by atoms with E-state index in [0.29, 0.717) is 32.2 Å². The summed E-state index contributed by atoms with van der Waals surface area (Å²) in [4.78, 5) is 13.3. The van der Waals surface area contributed by atoms with E-state index in [-0.39, 0.29) is 5.91 Å². The van der Waals surface area contributed by atoms with Crippen LogP contribution >= 0.6 is 11.8 Å². The van der Waals surface area contributed by atoms with Gasteiger partial charge in [0.05, 0.1) is 18.6 Å². The summed E-state index contributed by atoms with van der Waals surface area (Å²) in [6, 6.07) is 17.1. The van der Waals surface area contributed by atoms with Crippen LogP contribution in [0.3, 0.4) is 0 Å². The zero-order valence-electron chi connectivity index (χ0n) is 15.8. The van der Waals surface area contributed by atoms with Crippen molar-refractivity contribution in [2.45, 2.75) is 18.1 Å². The molecule has 1 N–H and O–H groups in total. The molecule has 2 aromatic carbocycles. The predicted molar refractivity (Wildman–Crippen MR) is 110 cm³/mol. The van der Waals surface area contributed by atoms with Crippen molar-refractivity contribution >= 4 is 23.4 Å². The number of hydrogen-bond acceptors (Lipinski definition) is 6. The number of carbonyl (C=O) groups excluding carboxylic acids is 1. The summed E-state index contributed by atoms with van der Waals surface area (Å²) in [5, 5.41) is 2.93. The van der Waals surface area contributed by atoms with Gasteiger partial charge in [0, 0.05) is 10.6 Å². The molecule has 0 aliphatic carbocycles. The molecule has 4 rings (SSSR count). The highest BCUT2D eigenvalue weighted by molar-refractivity contribution is 8.00. The second-order valence-corrected chi connectivity index (χ2v) is 7.46. The smallest absolute Gasteiger partial charge is 0.234 e. The van der Waals surface area contributed by atoms with Crippen LogP contribution in [0.4, 0.5) is 5.69 Å². The van der Waals surface area contributed by atoms with Crippen LogP contribution in [-0.2, 0) is 22.7 Å². The van der Waals surface area contributed by atoms with E-state index in [4.69, 9.17) is 18.6 Å². The molecule has 1 aliphatic heterocycles. The first-order valence-corrected chi connectivity index (χ1v) is 10.3. The monoisotopic (exact) mass is 411 g/mol. The number of carbonyl (C=O) groups is 1. The Labute approximate surface area is 173 Å². The van der Waals surface area contributed by atoms with Crippen molar-refractivity contribution in [2.24, 2.45) is 0 Å². The van der Waals surface area contributed by atoms with Gasteiger partial charge < -0.3 is 23.9 Å². The molecule has 1 amide bonds. The van der Waals surface area contributed by atoms with E-state index in [1.165, 1.54) is 11.8 Å². The summed E-state index contributed by atoms with van der Waals surface area (Å²) in [6.07, 6.45) is 1.62. The van der Waals surface area contributed by atoms with Gasteiger partial charge in [0.2, 0.25) is 5.91 Å². The minimum absolute atomic E-state index is 0.0708. The molecule has 7 heteroatoms. The Hall–Kier alpha value is -2.90. The average Bonchev–Trinajstić information content (AvgIpc) is 3.26. The SMILES string of the molecule is O=C(CSc1ccc2c(c1)OCCO2)Nc1cccc(COCc2ccco2)c1. The largest absolute Gasteiger partial charge is 0.486 e. The number of rotatable bonds is 8. The van der Waals surface area contributed by atoms with Crippen molar-refractivity contribution in [3.05, 3.63) is 72.2 Å². The molecule has 3 aromatic rings. The van der Waals surface area contributed by atoms with Gasteiger partial charge in [-0.25, -0.2) is 0 Å². The number of fused-ring (bicyclic) bond motifs is 1. The van der Waals surface area contributed by atoms with Crippen molar-refractivity contribution in [2.75, 3.05) is 24.3 Å². The molecule has 0 saturated carbocycles. The third-order valence-electron chi connectivity index (χ3n) is 4.19. The van der Waals surface area contributed by atoms with Gasteiger partial charge in [-0.3, -0.25) is 4.79 Å². The van der Waals surface area contributed by atoms with Gasteiger partial charge in [-0.15, -0.1) is 11.8 Å². The van der Waals surface area contributed by atoms with Gasteiger partial charge in [-0.2, -0.15) is 0 Å². The maximum Gasteiger partial charge on any atom is 0.234 e. The molecular formula is C22H21NO5S. The van der Waals surface area contributed by atoms with E-state index in [2.05, 4.69) is 5.32 Å². The van der Waals surface area contributed by atoms with Crippen LogP contribution in [0.25, 0.3) is 0 Å². The molecule has 0 fully saturated rings. The Balaban J connectivity index is 1.26. The Morgan fingerprint density at radius 2 is 1.90 bits per heavy atom. The van der Waals surface area contributed by atoms with E-state index < -0.39 is 0 Å². The lowest BCUT2D eigenvalue weighted by molar-refractivity contribution is -0.113. The molecule has 0 spiro atoms. The standard InChI is InChI=1S/C22H21NO5S/c24-22(15-29-19-6-7-20-21(12-19)28-10-9-27-20)23-17-4-1-3-16(11-17)13-25-14-18-5-2-8-26-18/h1-8,11-12H,9-10,13-15H2,(H,23,24). The lowest BCUT2D eigenvalue weighted by Gasteiger charge is -2.18. The lowest BCUT2D eigenvalue weighted by atomic mass is 10.2. The Bertz CT molecular complexity index is 958. The molecule has 0 bridgehead atoms. The first-order valence-electron chi connectivity index (χ1n) is 9.28. The lowest BCUT2D eigenvalue weighted by Crippen LogP contribution is -2.15. The van der Waals surface area contributed by atoms with Crippen LogP contribution in [0.1, 0.15) is 11.3 Å². The van der Waals surface area contributed by atoms with Crippen LogP contribution in [0, 0.1) is 0 Å². The van der Waals surface area contributed by atoms with Crippen LogP contribution in [-0.4, -0.2) is 24.9 Å². The minimum atomic E-state index is -0.0708. The summed E-state index contributed by atoms with van der Waals surface area (Å²) in [6.45, 7) is 1.96. The maximum absolute atomic E-state index is 12.3. The first kappa shape index (κ1) is 19.4. The molecule has 0 atom stereocenters. The van der Waals surface area contributed by atoms with Crippen LogP contribution in [0.2, 0.25) is 0 Å². The Kier molecular flexibility index (Phi) is 6.38. The Morgan fingerprint density at radius 3 is 2.76 bits per heavy atom. The topological polar surface area (TPSA) is 69.9 Å². The molecule has 150 valence electrons. The quantitative estimate of drug-likeness (QED) is 0.551. The highest BCUT2D eigenvalue weighted by Gasteiger charge is 2.12. The fraction of sp³-hybridized carbons (Fsp3) is 0.227. The summed E-state index contributed by atoms with van der Waals surface area (Å²) in [5.74, 6) is 2.49. The van der Waals surface area contributed by atoms with Gasteiger partial charge in [0.15, 0.2) is 11.5 Å². The second-order valence-electron chi connectivity index (χ2n) is 6.41. The molecular weight excluding hydrogens is 390 g/mol. The number of thioether (sulfide) groups is 1. The molecule has 0 radical (unpaired) electrons. The fourth-order valence-electron chi connectivity index (χ4n) is 2.86.